The van der Waals surface area contributed by atoms with Crippen molar-refractivity contribution in [2.75, 3.05) is 32.8 Å². The molecule has 1 saturated heterocycles. The standard InChI is InChI=1S/C15H25N3O/c1-12-9-15(17-16-12)14-3-2-6-18(10-14)7-8-19-11-13-4-5-13/h9,13-14H,2-8,10-11H2,1H3,(H,16,17). The molecule has 2 fully saturated rings. The van der Waals surface area contributed by atoms with Gasteiger partial charge in [-0.05, 0) is 51.1 Å². The molecular weight excluding hydrogens is 238 g/mol. The highest BCUT2D eigenvalue weighted by Crippen LogP contribution is 2.29. The Labute approximate surface area is 115 Å². The molecule has 0 spiro atoms. The highest BCUT2D eigenvalue weighted by Gasteiger charge is 2.24. The molecular formula is C15H25N3O. The Kier molecular flexibility index (Phi) is 4.18. The van der Waals surface area contributed by atoms with Gasteiger partial charge in [0.15, 0.2) is 0 Å². The number of ether oxygens (including phenoxy) is 1. The Bertz CT molecular complexity index is 400. The summed E-state index contributed by atoms with van der Waals surface area (Å²) in [6.45, 7) is 7.37. The molecule has 19 heavy (non-hydrogen) atoms. The average molecular weight is 263 g/mol. The van der Waals surface area contributed by atoms with Crippen molar-refractivity contribution in [1.82, 2.24) is 15.1 Å². The summed E-state index contributed by atoms with van der Waals surface area (Å²) < 4.78 is 5.74. The molecule has 0 radical (unpaired) electrons. The van der Waals surface area contributed by atoms with Gasteiger partial charge in [0.25, 0.3) is 0 Å². The minimum atomic E-state index is 0.599. The van der Waals surface area contributed by atoms with Gasteiger partial charge < -0.3 is 9.64 Å². The number of nitrogens with one attached hydrogen (secondary N) is 1. The number of likely N-dealkylation sites (tertiary alicyclic amines) is 1. The van der Waals surface area contributed by atoms with E-state index in [0.717, 1.165) is 32.2 Å². The van der Waals surface area contributed by atoms with E-state index in [4.69, 9.17) is 4.74 Å². The summed E-state index contributed by atoms with van der Waals surface area (Å²) in [4.78, 5) is 2.53. The summed E-state index contributed by atoms with van der Waals surface area (Å²) in [5.41, 5.74) is 2.40. The number of H-pyrrole nitrogens is 1. The largest absolute Gasteiger partial charge is 0.380 e. The summed E-state index contributed by atoms with van der Waals surface area (Å²) >= 11 is 0. The summed E-state index contributed by atoms with van der Waals surface area (Å²) in [5.74, 6) is 1.48. The first-order chi connectivity index (χ1) is 9.31. The van der Waals surface area contributed by atoms with Crippen LogP contribution in [0.5, 0.6) is 0 Å². The second-order valence-corrected chi connectivity index (χ2v) is 6.13. The third-order valence-electron chi connectivity index (χ3n) is 4.25. The molecule has 1 aliphatic heterocycles. The molecule has 0 aromatic carbocycles. The summed E-state index contributed by atoms with van der Waals surface area (Å²) in [6, 6.07) is 2.19. The maximum absolute atomic E-state index is 5.74. The van der Waals surface area contributed by atoms with E-state index in [0.29, 0.717) is 5.92 Å². The lowest BCUT2D eigenvalue weighted by Crippen LogP contribution is -2.36. The molecule has 1 unspecified atom stereocenters. The second-order valence-electron chi connectivity index (χ2n) is 6.13. The average Bonchev–Trinajstić information content (AvgIpc) is 3.15. The van der Waals surface area contributed by atoms with Crippen LogP contribution in [0.4, 0.5) is 0 Å². The van der Waals surface area contributed by atoms with Gasteiger partial charge in [-0.3, -0.25) is 5.10 Å². The molecule has 2 aliphatic rings. The first-order valence-electron chi connectivity index (χ1n) is 7.63. The van der Waals surface area contributed by atoms with Crippen LogP contribution in [0.25, 0.3) is 0 Å². The molecule has 1 aromatic heterocycles. The van der Waals surface area contributed by atoms with Crippen LogP contribution in [-0.2, 0) is 4.74 Å². The molecule has 4 nitrogen and oxygen atoms in total. The number of aromatic amines is 1. The fourth-order valence-corrected chi connectivity index (χ4v) is 2.88. The molecule has 1 saturated carbocycles. The molecule has 1 atom stereocenters. The van der Waals surface area contributed by atoms with Gasteiger partial charge in [0.05, 0.1) is 12.3 Å². The second kappa shape index (κ2) is 6.06. The minimum Gasteiger partial charge on any atom is -0.380 e. The zero-order valence-electron chi connectivity index (χ0n) is 11.9. The van der Waals surface area contributed by atoms with Crippen LogP contribution in [-0.4, -0.2) is 47.9 Å². The number of hydrogen-bond acceptors (Lipinski definition) is 3. The predicted octanol–water partition coefficient (Wildman–Crippen LogP) is 2.32. The van der Waals surface area contributed by atoms with Crippen LogP contribution in [0, 0.1) is 12.8 Å². The number of aromatic nitrogens is 2. The van der Waals surface area contributed by atoms with E-state index in [9.17, 15) is 0 Å². The van der Waals surface area contributed by atoms with E-state index in [1.165, 1.54) is 43.6 Å². The van der Waals surface area contributed by atoms with Gasteiger partial charge in [-0.1, -0.05) is 0 Å². The fourth-order valence-electron chi connectivity index (χ4n) is 2.88. The lowest BCUT2D eigenvalue weighted by atomic mass is 9.95. The number of piperidine rings is 1. The molecule has 1 aromatic rings. The number of nitrogens with zero attached hydrogens (tertiary/aromatic N) is 2. The maximum Gasteiger partial charge on any atom is 0.0668 e. The number of rotatable bonds is 6. The van der Waals surface area contributed by atoms with Crippen molar-refractivity contribution >= 4 is 0 Å². The van der Waals surface area contributed by atoms with Gasteiger partial charge in [0, 0.05) is 31.3 Å². The highest BCUT2D eigenvalue weighted by molar-refractivity contribution is 5.13. The van der Waals surface area contributed by atoms with E-state index in [-0.39, 0.29) is 0 Å². The Morgan fingerprint density at radius 3 is 3.05 bits per heavy atom. The third kappa shape index (κ3) is 3.80. The quantitative estimate of drug-likeness (QED) is 0.801. The van der Waals surface area contributed by atoms with Crippen molar-refractivity contribution in [3.63, 3.8) is 0 Å². The summed E-state index contributed by atoms with van der Waals surface area (Å²) in [5, 5.41) is 7.48. The smallest absolute Gasteiger partial charge is 0.0668 e. The molecule has 4 heteroatoms. The monoisotopic (exact) mass is 263 g/mol. The van der Waals surface area contributed by atoms with Crippen LogP contribution >= 0.6 is 0 Å². The van der Waals surface area contributed by atoms with E-state index in [1.54, 1.807) is 0 Å². The van der Waals surface area contributed by atoms with Crippen molar-refractivity contribution in [3.8, 4) is 0 Å². The Morgan fingerprint density at radius 2 is 2.32 bits per heavy atom. The van der Waals surface area contributed by atoms with E-state index < -0.39 is 0 Å². The van der Waals surface area contributed by atoms with Crippen molar-refractivity contribution in [2.24, 2.45) is 5.92 Å². The van der Waals surface area contributed by atoms with E-state index >= 15 is 0 Å². The van der Waals surface area contributed by atoms with Gasteiger partial charge in [0.2, 0.25) is 0 Å². The zero-order chi connectivity index (χ0) is 13.1. The Balaban J connectivity index is 1.42. The first-order valence-corrected chi connectivity index (χ1v) is 7.63. The van der Waals surface area contributed by atoms with Crippen LogP contribution in [0.3, 0.4) is 0 Å². The molecule has 3 rings (SSSR count). The highest BCUT2D eigenvalue weighted by atomic mass is 16.5. The summed E-state index contributed by atoms with van der Waals surface area (Å²) in [6.07, 6.45) is 5.30. The van der Waals surface area contributed by atoms with Gasteiger partial charge in [-0.2, -0.15) is 5.10 Å². The molecule has 0 bridgehead atoms. The maximum atomic E-state index is 5.74. The van der Waals surface area contributed by atoms with Crippen molar-refractivity contribution < 1.29 is 4.74 Å². The molecule has 2 heterocycles. The zero-order valence-corrected chi connectivity index (χ0v) is 11.9. The fraction of sp³-hybridized carbons (Fsp3) is 0.800. The van der Waals surface area contributed by atoms with E-state index in [1.807, 2.05) is 0 Å². The van der Waals surface area contributed by atoms with Crippen LogP contribution in [0.1, 0.15) is 43.0 Å². The molecule has 1 aliphatic carbocycles. The molecule has 0 amide bonds. The normalized spacial score (nSPS) is 24.8. The number of aryl methyl sites for hydroxylation is 1. The molecule has 106 valence electrons. The van der Waals surface area contributed by atoms with Crippen molar-refractivity contribution in [3.05, 3.63) is 17.5 Å². The van der Waals surface area contributed by atoms with Crippen LogP contribution < -0.4 is 0 Å². The Hall–Kier alpha value is -0.870. The topological polar surface area (TPSA) is 41.1 Å². The van der Waals surface area contributed by atoms with Gasteiger partial charge >= 0.3 is 0 Å². The van der Waals surface area contributed by atoms with Crippen molar-refractivity contribution in [1.29, 1.82) is 0 Å². The van der Waals surface area contributed by atoms with E-state index in [2.05, 4.69) is 28.1 Å². The third-order valence-corrected chi connectivity index (χ3v) is 4.25. The molecule has 1 N–H and O–H groups in total. The van der Waals surface area contributed by atoms with Gasteiger partial charge in [-0.15, -0.1) is 0 Å². The minimum absolute atomic E-state index is 0.599. The number of hydrogen-bond donors (Lipinski definition) is 1. The predicted molar refractivity (Wildman–Crippen MR) is 75.3 cm³/mol. The summed E-state index contributed by atoms with van der Waals surface area (Å²) in [7, 11) is 0. The van der Waals surface area contributed by atoms with Crippen LogP contribution in [0.2, 0.25) is 0 Å². The first kappa shape index (κ1) is 13.1. The van der Waals surface area contributed by atoms with Gasteiger partial charge in [0.1, 0.15) is 0 Å². The van der Waals surface area contributed by atoms with Gasteiger partial charge in [-0.25, -0.2) is 0 Å². The van der Waals surface area contributed by atoms with Crippen molar-refractivity contribution in [2.45, 2.75) is 38.5 Å². The SMILES string of the molecule is Cc1cc(C2CCCN(CCOCC3CC3)C2)n[nH]1. The lowest BCUT2D eigenvalue weighted by Gasteiger charge is -2.31. The lowest BCUT2D eigenvalue weighted by molar-refractivity contribution is 0.0861. The van der Waals surface area contributed by atoms with Crippen LogP contribution in [0.15, 0.2) is 6.07 Å². The Morgan fingerprint density at radius 1 is 1.42 bits per heavy atom.